The first-order valence-corrected chi connectivity index (χ1v) is 16.8. The lowest BCUT2D eigenvalue weighted by Crippen LogP contribution is -2.41. The first-order valence-electron chi connectivity index (χ1n) is 16.8. The van der Waals surface area contributed by atoms with Gasteiger partial charge in [-0.05, 0) is 63.9 Å². The largest absolute Gasteiger partial charge is 0.445 e. The molecule has 0 aliphatic heterocycles. The van der Waals surface area contributed by atoms with E-state index in [1.807, 2.05) is 103 Å². The Morgan fingerprint density at radius 1 is 0.569 bits per heavy atom. The average molecular weight is 686 g/mol. The summed E-state index contributed by atoms with van der Waals surface area (Å²) in [6, 6.07) is 31.0. The molecule has 11 heteroatoms. The van der Waals surface area contributed by atoms with Crippen molar-refractivity contribution in [2.45, 2.75) is 57.7 Å². The second kappa shape index (κ2) is 18.7. The molecule has 0 unspecified atom stereocenters. The first-order chi connectivity index (χ1) is 24.8. The van der Waals surface area contributed by atoms with Crippen molar-refractivity contribution in [3.8, 4) is 0 Å². The summed E-state index contributed by atoms with van der Waals surface area (Å²) < 4.78 is 5.70. The molecule has 0 bridgehead atoms. The van der Waals surface area contributed by atoms with E-state index in [0.717, 1.165) is 38.9 Å². The normalized spacial score (nSPS) is 12.0. The van der Waals surface area contributed by atoms with Crippen molar-refractivity contribution in [2.75, 3.05) is 0 Å². The van der Waals surface area contributed by atoms with Gasteiger partial charge in [0.15, 0.2) is 0 Å². The number of hydrogen-bond acceptors (Lipinski definition) is 8. The van der Waals surface area contributed by atoms with E-state index in [1.54, 1.807) is 29.7 Å². The van der Waals surface area contributed by atoms with Crippen molar-refractivity contribution in [3.63, 3.8) is 0 Å². The third-order valence-corrected chi connectivity index (χ3v) is 8.22. The summed E-state index contributed by atoms with van der Waals surface area (Å²) in [5.41, 5.74) is 18.5. The number of nitrogens with zero attached hydrogens (tertiary/aromatic N) is 3. The fourth-order valence-corrected chi connectivity index (χ4v) is 5.33. The van der Waals surface area contributed by atoms with Gasteiger partial charge in [-0.1, -0.05) is 91.0 Å². The van der Waals surface area contributed by atoms with Crippen molar-refractivity contribution < 1.29 is 19.1 Å². The Bertz CT molecular complexity index is 1720. The molecule has 5 aromatic rings. The maximum Gasteiger partial charge on any atom is 0.410 e. The lowest BCUT2D eigenvalue weighted by molar-refractivity contribution is -0.123. The summed E-state index contributed by atoms with van der Waals surface area (Å²) in [5, 5.41) is 5.79. The third kappa shape index (κ3) is 11.9. The maximum absolute atomic E-state index is 13.4. The van der Waals surface area contributed by atoms with Crippen molar-refractivity contribution in [2.24, 2.45) is 11.5 Å². The first kappa shape index (κ1) is 36.4. The SMILES string of the molecule is N[C@@H](Cc1cccnc1)C(=O)NCc1ccc(CN(Cc2ccc(CNC(=O)[C@@H](N)Cc3cccnc3)cc2)C(=O)OCc2ccccc2)cc1. The molecule has 51 heavy (non-hydrogen) atoms. The Kier molecular flexibility index (Phi) is 13.4. The average Bonchev–Trinajstić information content (AvgIpc) is 3.17. The molecular weight excluding hydrogens is 642 g/mol. The predicted molar refractivity (Wildman–Crippen MR) is 194 cm³/mol. The maximum atomic E-state index is 13.4. The lowest BCUT2D eigenvalue weighted by atomic mass is 10.1. The number of nitrogens with two attached hydrogens (primary N) is 2. The van der Waals surface area contributed by atoms with Crippen LogP contribution < -0.4 is 22.1 Å². The number of pyridine rings is 2. The van der Waals surface area contributed by atoms with Gasteiger partial charge in [0, 0.05) is 51.0 Å². The highest BCUT2D eigenvalue weighted by Gasteiger charge is 2.18. The van der Waals surface area contributed by atoms with Crippen molar-refractivity contribution >= 4 is 17.9 Å². The molecule has 5 rings (SSSR count). The van der Waals surface area contributed by atoms with Crippen LogP contribution in [0.4, 0.5) is 4.79 Å². The summed E-state index contributed by atoms with van der Waals surface area (Å²) in [7, 11) is 0. The Hall–Kier alpha value is -5.91. The van der Waals surface area contributed by atoms with Crippen LogP contribution in [0.3, 0.4) is 0 Å². The Morgan fingerprint density at radius 2 is 1.00 bits per heavy atom. The smallest absolute Gasteiger partial charge is 0.410 e. The molecule has 0 spiro atoms. The van der Waals surface area contributed by atoms with Gasteiger partial charge in [-0.2, -0.15) is 0 Å². The van der Waals surface area contributed by atoms with Gasteiger partial charge in [-0.15, -0.1) is 0 Å². The van der Waals surface area contributed by atoms with Gasteiger partial charge in [0.25, 0.3) is 0 Å². The molecule has 0 aliphatic carbocycles. The molecule has 11 nitrogen and oxygen atoms in total. The van der Waals surface area contributed by atoms with Crippen LogP contribution in [0.2, 0.25) is 0 Å². The summed E-state index contributed by atoms with van der Waals surface area (Å²) in [5.74, 6) is -0.485. The topological polar surface area (TPSA) is 166 Å². The predicted octanol–water partition coefficient (Wildman–Crippen LogP) is 4.19. The summed E-state index contributed by atoms with van der Waals surface area (Å²) in [6.07, 6.45) is 7.11. The van der Waals surface area contributed by atoms with Crippen LogP contribution in [-0.4, -0.2) is 44.9 Å². The van der Waals surface area contributed by atoms with E-state index in [2.05, 4.69) is 20.6 Å². The van der Waals surface area contributed by atoms with Crippen LogP contribution in [0, 0.1) is 0 Å². The van der Waals surface area contributed by atoms with Gasteiger partial charge >= 0.3 is 6.09 Å². The Labute approximate surface area is 298 Å². The number of carbonyl (C=O) groups excluding carboxylic acids is 3. The molecule has 0 saturated heterocycles. The molecule has 0 aliphatic rings. The van der Waals surface area contributed by atoms with Crippen molar-refractivity contribution in [1.29, 1.82) is 0 Å². The molecule has 2 heterocycles. The molecule has 3 amide bonds. The monoisotopic (exact) mass is 685 g/mol. The molecule has 0 radical (unpaired) electrons. The van der Waals surface area contributed by atoms with Gasteiger partial charge < -0.3 is 26.8 Å². The quantitative estimate of drug-likeness (QED) is 0.120. The molecule has 2 atom stereocenters. The minimum atomic E-state index is -0.682. The van der Waals surface area contributed by atoms with Gasteiger partial charge in [-0.3, -0.25) is 24.5 Å². The third-order valence-electron chi connectivity index (χ3n) is 8.22. The van der Waals surface area contributed by atoms with Crippen LogP contribution in [0.25, 0.3) is 0 Å². The minimum Gasteiger partial charge on any atom is -0.445 e. The number of carbonyl (C=O) groups is 3. The molecule has 2 aromatic heterocycles. The second-order valence-corrected chi connectivity index (χ2v) is 12.3. The molecule has 0 saturated carbocycles. The summed E-state index contributed by atoms with van der Waals surface area (Å²) in [4.78, 5) is 48.3. The van der Waals surface area contributed by atoms with E-state index in [4.69, 9.17) is 16.2 Å². The number of ether oxygens (including phenoxy) is 1. The zero-order valence-electron chi connectivity index (χ0n) is 28.4. The van der Waals surface area contributed by atoms with Gasteiger partial charge in [0.1, 0.15) is 6.61 Å². The van der Waals surface area contributed by atoms with Gasteiger partial charge in [0.05, 0.1) is 12.1 Å². The number of amides is 3. The van der Waals surface area contributed by atoms with Crippen LogP contribution in [0.5, 0.6) is 0 Å². The van der Waals surface area contributed by atoms with Crippen LogP contribution in [0.1, 0.15) is 38.9 Å². The standard InChI is InChI=1S/C40H43N7O4/c41-36(20-34-8-4-18-43-22-34)38(48)45-24-29-10-14-31(15-11-29)26-47(40(50)51-28-33-6-2-1-3-7-33)27-32-16-12-30(13-17-32)25-46-39(49)37(42)21-35-9-5-19-44-23-35/h1-19,22-23,36-37H,20-21,24-28,41-42H2,(H,45,48)(H,46,49)/t36-,37-/m0/s1. The van der Waals surface area contributed by atoms with E-state index in [9.17, 15) is 14.4 Å². The van der Waals surface area contributed by atoms with E-state index in [1.165, 1.54) is 0 Å². The number of aromatic nitrogens is 2. The van der Waals surface area contributed by atoms with E-state index >= 15 is 0 Å². The van der Waals surface area contributed by atoms with E-state index in [-0.39, 0.29) is 18.4 Å². The Morgan fingerprint density at radius 3 is 1.43 bits per heavy atom. The van der Waals surface area contributed by atoms with E-state index < -0.39 is 18.2 Å². The number of benzene rings is 3. The van der Waals surface area contributed by atoms with Crippen LogP contribution in [-0.2, 0) is 60.0 Å². The van der Waals surface area contributed by atoms with Crippen molar-refractivity contribution in [3.05, 3.63) is 167 Å². The summed E-state index contributed by atoms with van der Waals surface area (Å²) in [6.45, 7) is 1.42. The second-order valence-electron chi connectivity index (χ2n) is 12.3. The fraction of sp³-hybridized carbons (Fsp3) is 0.225. The van der Waals surface area contributed by atoms with Crippen LogP contribution in [0.15, 0.2) is 128 Å². The highest BCUT2D eigenvalue weighted by molar-refractivity contribution is 5.82. The molecule has 3 aromatic carbocycles. The minimum absolute atomic E-state index is 0.152. The summed E-state index contributed by atoms with van der Waals surface area (Å²) >= 11 is 0. The van der Waals surface area contributed by atoms with Crippen LogP contribution >= 0.6 is 0 Å². The highest BCUT2D eigenvalue weighted by Crippen LogP contribution is 2.15. The zero-order valence-corrected chi connectivity index (χ0v) is 28.4. The molecule has 0 fully saturated rings. The highest BCUT2D eigenvalue weighted by atomic mass is 16.6. The number of rotatable bonds is 16. The lowest BCUT2D eigenvalue weighted by Gasteiger charge is -2.23. The van der Waals surface area contributed by atoms with Crippen molar-refractivity contribution in [1.82, 2.24) is 25.5 Å². The van der Waals surface area contributed by atoms with Gasteiger partial charge in [0.2, 0.25) is 11.8 Å². The zero-order chi connectivity index (χ0) is 35.8. The van der Waals surface area contributed by atoms with E-state index in [0.29, 0.717) is 39.0 Å². The fourth-order valence-electron chi connectivity index (χ4n) is 5.33. The Balaban J connectivity index is 1.16. The number of hydrogen-bond donors (Lipinski definition) is 4. The van der Waals surface area contributed by atoms with Gasteiger partial charge in [-0.25, -0.2) is 4.79 Å². The molecule has 262 valence electrons. The number of nitrogens with one attached hydrogen (secondary N) is 2. The molecular formula is C40H43N7O4. The molecule has 6 N–H and O–H groups in total.